The lowest BCUT2D eigenvalue weighted by atomic mass is 10.1. The lowest BCUT2D eigenvalue weighted by Crippen LogP contribution is -2.17. The molecule has 0 amide bonds. The molecule has 0 atom stereocenters. The third-order valence-electron chi connectivity index (χ3n) is 3.02. The second-order valence-electron chi connectivity index (χ2n) is 4.92. The third-order valence-corrected chi connectivity index (χ3v) is 3.02. The summed E-state index contributed by atoms with van der Waals surface area (Å²) >= 11 is 0. The van der Waals surface area contributed by atoms with Gasteiger partial charge in [0.2, 0.25) is 0 Å². The van der Waals surface area contributed by atoms with Crippen LogP contribution >= 0.6 is 0 Å². The molecular formula is C16H19FN2O. The van der Waals surface area contributed by atoms with Crippen molar-refractivity contribution >= 4 is 5.69 Å². The molecule has 0 radical (unpaired) electrons. The van der Waals surface area contributed by atoms with Crippen LogP contribution in [-0.4, -0.2) is 19.1 Å². The summed E-state index contributed by atoms with van der Waals surface area (Å²) < 4.78 is 18.3. The van der Waals surface area contributed by atoms with E-state index in [0.717, 1.165) is 23.4 Å². The van der Waals surface area contributed by atoms with Gasteiger partial charge in [-0.15, -0.1) is 0 Å². The number of methoxy groups -OCH3 is 1. The summed E-state index contributed by atoms with van der Waals surface area (Å²) in [6.45, 7) is 1.40. The molecule has 4 heteroatoms. The Morgan fingerprint density at radius 3 is 2.55 bits per heavy atom. The average Bonchev–Trinajstić information content (AvgIpc) is 2.37. The molecule has 2 aromatic rings. The Kier molecular flexibility index (Phi) is 4.58. The highest BCUT2D eigenvalue weighted by Gasteiger charge is 2.05. The topological polar surface area (TPSA) is 38.5 Å². The van der Waals surface area contributed by atoms with Gasteiger partial charge in [-0.2, -0.15) is 0 Å². The van der Waals surface area contributed by atoms with Gasteiger partial charge in [0.05, 0.1) is 7.11 Å². The molecular weight excluding hydrogens is 255 g/mol. The predicted molar refractivity (Wildman–Crippen MR) is 79.0 cm³/mol. The van der Waals surface area contributed by atoms with Crippen LogP contribution in [0.25, 0.3) is 0 Å². The van der Waals surface area contributed by atoms with E-state index >= 15 is 0 Å². The first-order chi connectivity index (χ1) is 9.56. The van der Waals surface area contributed by atoms with Gasteiger partial charge in [-0.1, -0.05) is 12.1 Å². The number of rotatable bonds is 5. The Morgan fingerprint density at radius 1 is 1.10 bits per heavy atom. The Hall–Kier alpha value is -2.07. The van der Waals surface area contributed by atoms with Gasteiger partial charge in [0, 0.05) is 24.8 Å². The van der Waals surface area contributed by atoms with Gasteiger partial charge in [-0.25, -0.2) is 4.39 Å². The Morgan fingerprint density at radius 2 is 1.85 bits per heavy atom. The van der Waals surface area contributed by atoms with Gasteiger partial charge < -0.3 is 10.5 Å². The maximum Gasteiger partial charge on any atom is 0.123 e. The highest BCUT2D eigenvalue weighted by atomic mass is 19.1. The maximum absolute atomic E-state index is 13.1. The SMILES string of the molecule is COc1cc(N)cc(CN(C)Cc2cccc(F)c2)c1. The summed E-state index contributed by atoms with van der Waals surface area (Å²) in [5.41, 5.74) is 8.53. The fraction of sp³-hybridized carbons (Fsp3) is 0.250. The molecule has 0 fully saturated rings. The van der Waals surface area contributed by atoms with Crippen molar-refractivity contribution in [1.29, 1.82) is 0 Å². The smallest absolute Gasteiger partial charge is 0.123 e. The van der Waals surface area contributed by atoms with Gasteiger partial charge in [-0.3, -0.25) is 4.90 Å². The number of anilines is 1. The summed E-state index contributed by atoms with van der Waals surface area (Å²) in [5, 5.41) is 0. The van der Waals surface area contributed by atoms with E-state index < -0.39 is 0 Å². The molecule has 106 valence electrons. The first kappa shape index (κ1) is 14.3. The van der Waals surface area contributed by atoms with Crippen LogP contribution in [0.2, 0.25) is 0 Å². The Balaban J connectivity index is 2.04. The normalized spacial score (nSPS) is 10.8. The van der Waals surface area contributed by atoms with Crippen LogP contribution in [0, 0.1) is 5.82 Å². The lowest BCUT2D eigenvalue weighted by Gasteiger charge is -2.17. The molecule has 0 unspecified atom stereocenters. The van der Waals surface area contributed by atoms with Crippen molar-refractivity contribution in [3.8, 4) is 5.75 Å². The number of nitrogens with zero attached hydrogens (tertiary/aromatic N) is 1. The molecule has 2 N–H and O–H groups in total. The van der Waals surface area contributed by atoms with Crippen LogP contribution in [-0.2, 0) is 13.1 Å². The van der Waals surface area contributed by atoms with E-state index in [2.05, 4.69) is 4.90 Å². The fourth-order valence-corrected chi connectivity index (χ4v) is 2.21. The number of ether oxygens (including phenoxy) is 1. The van der Waals surface area contributed by atoms with E-state index in [1.807, 2.05) is 25.2 Å². The largest absolute Gasteiger partial charge is 0.497 e. The number of hydrogen-bond donors (Lipinski definition) is 1. The summed E-state index contributed by atoms with van der Waals surface area (Å²) in [6.07, 6.45) is 0. The van der Waals surface area contributed by atoms with Gasteiger partial charge in [-0.05, 0) is 42.4 Å². The van der Waals surface area contributed by atoms with E-state index in [9.17, 15) is 4.39 Å². The van der Waals surface area contributed by atoms with Crippen molar-refractivity contribution in [2.24, 2.45) is 0 Å². The Labute approximate surface area is 118 Å². The molecule has 20 heavy (non-hydrogen) atoms. The second kappa shape index (κ2) is 6.39. The van der Waals surface area contributed by atoms with Crippen LogP contribution in [0.3, 0.4) is 0 Å². The van der Waals surface area contributed by atoms with E-state index in [0.29, 0.717) is 12.2 Å². The number of nitrogens with two attached hydrogens (primary N) is 1. The monoisotopic (exact) mass is 274 g/mol. The van der Waals surface area contributed by atoms with Gasteiger partial charge >= 0.3 is 0 Å². The first-order valence-electron chi connectivity index (χ1n) is 6.43. The highest BCUT2D eigenvalue weighted by molar-refractivity contribution is 5.47. The van der Waals surface area contributed by atoms with Crippen LogP contribution in [0.4, 0.5) is 10.1 Å². The van der Waals surface area contributed by atoms with Crippen molar-refractivity contribution in [3.63, 3.8) is 0 Å². The minimum absolute atomic E-state index is 0.207. The summed E-state index contributed by atoms with van der Waals surface area (Å²) in [5.74, 6) is 0.542. The number of nitrogen functional groups attached to an aromatic ring is 1. The molecule has 0 saturated carbocycles. The molecule has 0 aliphatic heterocycles. The fourth-order valence-electron chi connectivity index (χ4n) is 2.21. The lowest BCUT2D eigenvalue weighted by molar-refractivity contribution is 0.317. The second-order valence-corrected chi connectivity index (χ2v) is 4.92. The van der Waals surface area contributed by atoms with Crippen molar-refractivity contribution in [2.45, 2.75) is 13.1 Å². The zero-order valence-corrected chi connectivity index (χ0v) is 11.8. The van der Waals surface area contributed by atoms with Crippen molar-refractivity contribution in [3.05, 3.63) is 59.4 Å². The number of hydrogen-bond acceptors (Lipinski definition) is 3. The third kappa shape index (κ3) is 3.96. The van der Waals surface area contributed by atoms with E-state index in [1.165, 1.54) is 6.07 Å². The maximum atomic E-state index is 13.1. The summed E-state index contributed by atoms with van der Waals surface area (Å²) in [6, 6.07) is 12.3. The number of benzene rings is 2. The highest BCUT2D eigenvalue weighted by Crippen LogP contribution is 2.20. The zero-order valence-electron chi connectivity index (χ0n) is 11.8. The minimum atomic E-state index is -0.207. The number of halogens is 1. The predicted octanol–water partition coefficient (Wildman–Crippen LogP) is 3.05. The standard InChI is InChI=1S/C16H19FN2O/c1-19(10-12-4-3-5-14(17)6-12)11-13-7-15(18)9-16(8-13)20-2/h3-9H,10-11,18H2,1-2H3. The molecule has 0 bridgehead atoms. The van der Waals surface area contributed by atoms with E-state index in [-0.39, 0.29) is 5.82 Å². The quantitative estimate of drug-likeness (QED) is 0.852. The molecule has 2 rings (SSSR count). The Bertz CT molecular complexity index is 586. The summed E-state index contributed by atoms with van der Waals surface area (Å²) in [7, 11) is 3.61. The summed E-state index contributed by atoms with van der Waals surface area (Å²) in [4.78, 5) is 2.10. The molecule has 0 aliphatic rings. The van der Waals surface area contributed by atoms with E-state index in [1.54, 1.807) is 25.3 Å². The van der Waals surface area contributed by atoms with Crippen LogP contribution in [0.1, 0.15) is 11.1 Å². The van der Waals surface area contributed by atoms with Gasteiger partial charge in [0.25, 0.3) is 0 Å². The zero-order chi connectivity index (χ0) is 14.5. The van der Waals surface area contributed by atoms with Gasteiger partial charge in [0.15, 0.2) is 0 Å². The van der Waals surface area contributed by atoms with Crippen molar-refractivity contribution < 1.29 is 9.13 Å². The molecule has 0 aliphatic carbocycles. The molecule has 0 saturated heterocycles. The van der Waals surface area contributed by atoms with Gasteiger partial charge in [0.1, 0.15) is 11.6 Å². The molecule has 0 heterocycles. The minimum Gasteiger partial charge on any atom is -0.497 e. The van der Waals surface area contributed by atoms with Crippen molar-refractivity contribution in [1.82, 2.24) is 4.90 Å². The van der Waals surface area contributed by atoms with E-state index in [4.69, 9.17) is 10.5 Å². The van der Waals surface area contributed by atoms with Crippen LogP contribution in [0.5, 0.6) is 5.75 Å². The van der Waals surface area contributed by atoms with Crippen LogP contribution in [0.15, 0.2) is 42.5 Å². The first-order valence-corrected chi connectivity index (χ1v) is 6.43. The van der Waals surface area contributed by atoms with Crippen LogP contribution < -0.4 is 10.5 Å². The molecule has 2 aromatic carbocycles. The molecule has 0 spiro atoms. The molecule has 3 nitrogen and oxygen atoms in total. The molecule has 0 aromatic heterocycles. The van der Waals surface area contributed by atoms with Crippen molar-refractivity contribution in [2.75, 3.05) is 19.9 Å². The average molecular weight is 274 g/mol.